The zero-order valence-electron chi connectivity index (χ0n) is 10.4. The van der Waals surface area contributed by atoms with Crippen molar-refractivity contribution >= 4 is 15.9 Å². The zero-order chi connectivity index (χ0) is 12.3. The number of hydrogen-bond donors (Lipinski definition) is 0. The molecule has 1 aromatic heterocycles. The number of pyridine rings is 1. The first kappa shape index (κ1) is 12.8. The fourth-order valence-corrected chi connectivity index (χ4v) is 2.84. The molecule has 1 aromatic rings. The normalized spacial score (nSPS) is 20.8. The first-order chi connectivity index (χ1) is 8.16. The van der Waals surface area contributed by atoms with Crippen molar-refractivity contribution in [3.63, 3.8) is 0 Å². The van der Waals surface area contributed by atoms with Gasteiger partial charge in [0, 0.05) is 12.2 Å². The Hall–Kier alpha value is -0.610. The molecule has 4 heteroatoms. The van der Waals surface area contributed by atoms with Gasteiger partial charge in [-0.25, -0.2) is 4.98 Å². The number of nitrogens with zero attached hydrogens (tertiary/aromatic N) is 2. The number of hydrogen-bond acceptors (Lipinski definition) is 3. The maximum absolute atomic E-state index is 5.72. The summed E-state index contributed by atoms with van der Waals surface area (Å²) in [6.45, 7) is 3.98. The molecular weight excluding hydrogens is 280 g/mol. The number of likely N-dealkylation sites (tertiary alicyclic amines) is 1. The Morgan fingerprint density at radius 1 is 1.59 bits per heavy atom. The molecule has 1 fully saturated rings. The Labute approximate surface area is 111 Å². The van der Waals surface area contributed by atoms with E-state index in [9.17, 15) is 0 Å². The van der Waals surface area contributed by atoms with E-state index in [1.807, 2.05) is 19.2 Å². The van der Waals surface area contributed by atoms with Crippen molar-refractivity contribution in [3.8, 4) is 5.88 Å². The monoisotopic (exact) mass is 298 g/mol. The SMILES string of the molecule is Cc1cnc(OCCC2CCCN2C)c(Br)c1. The van der Waals surface area contributed by atoms with Crippen molar-refractivity contribution in [1.29, 1.82) is 0 Å². The van der Waals surface area contributed by atoms with Gasteiger partial charge in [-0.15, -0.1) is 0 Å². The van der Waals surface area contributed by atoms with Gasteiger partial charge in [-0.2, -0.15) is 0 Å². The van der Waals surface area contributed by atoms with E-state index in [0.29, 0.717) is 11.9 Å². The fraction of sp³-hybridized carbons (Fsp3) is 0.615. The van der Waals surface area contributed by atoms with Crippen LogP contribution in [0.4, 0.5) is 0 Å². The molecule has 1 unspecified atom stereocenters. The predicted molar refractivity (Wildman–Crippen MR) is 72.4 cm³/mol. The van der Waals surface area contributed by atoms with E-state index in [1.165, 1.54) is 19.4 Å². The van der Waals surface area contributed by atoms with Crippen LogP contribution >= 0.6 is 15.9 Å². The first-order valence-corrected chi connectivity index (χ1v) is 6.91. The molecule has 1 atom stereocenters. The third-order valence-electron chi connectivity index (χ3n) is 3.31. The summed E-state index contributed by atoms with van der Waals surface area (Å²) >= 11 is 3.47. The molecule has 1 aliphatic rings. The van der Waals surface area contributed by atoms with Crippen LogP contribution in [-0.4, -0.2) is 36.1 Å². The van der Waals surface area contributed by atoms with Gasteiger partial charge in [-0.1, -0.05) is 0 Å². The molecule has 94 valence electrons. The van der Waals surface area contributed by atoms with Crippen molar-refractivity contribution in [2.45, 2.75) is 32.2 Å². The molecule has 0 aromatic carbocycles. The minimum absolute atomic E-state index is 0.680. The van der Waals surface area contributed by atoms with E-state index in [2.05, 4.69) is 32.9 Å². The average molecular weight is 299 g/mol. The van der Waals surface area contributed by atoms with Crippen molar-refractivity contribution in [1.82, 2.24) is 9.88 Å². The van der Waals surface area contributed by atoms with Crippen LogP contribution < -0.4 is 4.74 Å². The van der Waals surface area contributed by atoms with Crippen LogP contribution in [0.2, 0.25) is 0 Å². The zero-order valence-corrected chi connectivity index (χ0v) is 12.0. The summed E-state index contributed by atoms with van der Waals surface area (Å²) in [7, 11) is 2.19. The highest BCUT2D eigenvalue weighted by atomic mass is 79.9. The van der Waals surface area contributed by atoms with Crippen molar-refractivity contribution in [2.75, 3.05) is 20.2 Å². The number of ether oxygens (including phenoxy) is 1. The molecular formula is C13H19BrN2O. The van der Waals surface area contributed by atoms with E-state index in [1.54, 1.807) is 0 Å². The second-order valence-corrected chi connectivity index (χ2v) is 5.57. The third-order valence-corrected chi connectivity index (χ3v) is 3.87. The van der Waals surface area contributed by atoms with E-state index in [-0.39, 0.29) is 0 Å². The minimum Gasteiger partial charge on any atom is -0.477 e. The quantitative estimate of drug-likeness (QED) is 0.854. The standard InChI is InChI=1S/C13H19BrN2O/c1-10-8-12(14)13(15-9-10)17-7-5-11-4-3-6-16(11)2/h8-9,11H,3-7H2,1-2H3. The van der Waals surface area contributed by atoms with Gasteiger partial charge in [0.15, 0.2) is 0 Å². The van der Waals surface area contributed by atoms with Gasteiger partial charge >= 0.3 is 0 Å². The van der Waals surface area contributed by atoms with Crippen LogP contribution in [0.1, 0.15) is 24.8 Å². The van der Waals surface area contributed by atoms with Gasteiger partial charge in [-0.05, 0) is 67.3 Å². The van der Waals surface area contributed by atoms with E-state index in [0.717, 1.165) is 23.1 Å². The molecule has 0 spiro atoms. The Bertz CT molecular complexity index is 384. The molecule has 0 bridgehead atoms. The van der Waals surface area contributed by atoms with Crippen molar-refractivity contribution < 1.29 is 4.74 Å². The topological polar surface area (TPSA) is 25.4 Å². The molecule has 2 rings (SSSR count). The molecule has 2 heterocycles. The van der Waals surface area contributed by atoms with Crippen LogP contribution in [-0.2, 0) is 0 Å². The summed E-state index contributed by atoms with van der Waals surface area (Å²) in [4.78, 5) is 6.70. The van der Waals surface area contributed by atoms with Gasteiger partial charge in [0.2, 0.25) is 5.88 Å². The highest BCUT2D eigenvalue weighted by Gasteiger charge is 2.20. The smallest absolute Gasteiger partial charge is 0.227 e. The summed E-state index contributed by atoms with van der Waals surface area (Å²) in [5.74, 6) is 0.705. The maximum Gasteiger partial charge on any atom is 0.227 e. The van der Waals surface area contributed by atoms with Crippen LogP contribution in [0.25, 0.3) is 0 Å². The summed E-state index contributed by atoms with van der Waals surface area (Å²) in [6.07, 6.45) is 5.52. The van der Waals surface area contributed by atoms with E-state index in [4.69, 9.17) is 4.74 Å². The molecule has 0 N–H and O–H groups in total. The number of rotatable bonds is 4. The summed E-state index contributed by atoms with van der Waals surface area (Å²) < 4.78 is 6.66. The van der Waals surface area contributed by atoms with Gasteiger partial charge in [-0.3, -0.25) is 0 Å². The molecule has 1 aliphatic heterocycles. The lowest BCUT2D eigenvalue weighted by Gasteiger charge is -2.19. The van der Waals surface area contributed by atoms with E-state index >= 15 is 0 Å². The molecule has 0 aliphatic carbocycles. The average Bonchev–Trinajstić information content (AvgIpc) is 2.68. The number of aromatic nitrogens is 1. The van der Waals surface area contributed by atoms with Crippen molar-refractivity contribution in [3.05, 3.63) is 22.3 Å². The lowest BCUT2D eigenvalue weighted by atomic mass is 10.1. The molecule has 17 heavy (non-hydrogen) atoms. The molecule has 0 saturated carbocycles. The summed E-state index contributed by atoms with van der Waals surface area (Å²) in [5.41, 5.74) is 1.14. The fourth-order valence-electron chi connectivity index (χ4n) is 2.26. The summed E-state index contributed by atoms with van der Waals surface area (Å²) in [6, 6.07) is 2.71. The molecule has 1 saturated heterocycles. The second kappa shape index (κ2) is 5.83. The minimum atomic E-state index is 0.680. The predicted octanol–water partition coefficient (Wildman–Crippen LogP) is 3.02. The van der Waals surface area contributed by atoms with Gasteiger partial charge < -0.3 is 9.64 Å². The van der Waals surface area contributed by atoms with Gasteiger partial charge in [0.1, 0.15) is 0 Å². The van der Waals surface area contributed by atoms with E-state index < -0.39 is 0 Å². The van der Waals surface area contributed by atoms with Crippen LogP contribution in [0.3, 0.4) is 0 Å². The Balaban J connectivity index is 1.81. The highest BCUT2D eigenvalue weighted by molar-refractivity contribution is 9.10. The highest BCUT2D eigenvalue weighted by Crippen LogP contribution is 2.24. The van der Waals surface area contributed by atoms with Gasteiger partial charge in [0.25, 0.3) is 0 Å². The number of aryl methyl sites for hydroxylation is 1. The first-order valence-electron chi connectivity index (χ1n) is 6.12. The summed E-state index contributed by atoms with van der Waals surface area (Å²) in [5, 5.41) is 0. The second-order valence-electron chi connectivity index (χ2n) is 4.71. The molecule has 0 amide bonds. The number of halogens is 1. The maximum atomic E-state index is 5.72. The van der Waals surface area contributed by atoms with Crippen LogP contribution in [0.5, 0.6) is 5.88 Å². The molecule has 3 nitrogen and oxygen atoms in total. The van der Waals surface area contributed by atoms with Gasteiger partial charge in [0.05, 0.1) is 11.1 Å². The van der Waals surface area contributed by atoms with Crippen LogP contribution in [0, 0.1) is 6.92 Å². The van der Waals surface area contributed by atoms with Crippen molar-refractivity contribution in [2.24, 2.45) is 0 Å². The Morgan fingerprint density at radius 3 is 3.06 bits per heavy atom. The molecule has 0 radical (unpaired) electrons. The Morgan fingerprint density at radius 2 is 2.41 bits per heavy atom. The lowest BCUT2D eigenvalue weighted by Crippen LogP contribution is -2.26. The largest absolute Gasteiger partial charge is 0.477 e. The third kappa shape index (κ3) is 3.42. The Kier molecular flexibility index (Phi) is 4.40. The lowest BCUT2D eigenvalue weighted by molar-refractivity contribution is 0.227. The van der Waals surface area contributed by atoms with Crippen LogP contribution in [0.15, 0.2) is 16.7 Å².